The highest BCUT2D eigenvalue weighted by atomic mass is 19.4. The van der Waals surface area contributed by atoms with Crippen molar-refractivity contribution < 1.29 is 17.9 Å². The minimum absolute atomic E-state index is 0.0840. The minimum atomic E-state index is -4.17. The van der Waals surface area contributed by atoms with Crippen LogP contribution in [0.5, 0.6) is 0 Å². The van der Waals surface area contributed by atoms with Crippen molar-refractivity contribution in [1.29, 1.82) is 0 Å². The quantitative estimate of drug-likeness (QED) is 0.545. The Kier molecular flexibility index (Phi) is 6.76. The third-order valence-corrected chi connectivity index (χ3v) is 5.10. The first-order valence-corrected chi connectivity index (χ1v) is 9.60. The maximum atomic E-state index is 12.6. The number of hydrogen-bond acceptors (Lipinski definition) is 5. The number of alkyl halides is 3. The molecule has 2 fully saturated rings. The lowest BCUT2D eigenvalue weighted by Gasteiger charge is -2.21. The molecule has 3 rings (SSSR count). The highest BCUT2D eigenvalue weighted by molar-refractivity contribution is 5.80. The lowest BCUT2D eigenvalue weighted by Crippen LogP contribution is -2.47. The topological polar surface area (TPSA) is 79.6 Å². The number of ether oxygens (including phenoxy) is 1. The molecule has 8 nitrogen and oxygen atoms in total. The van der Waals surface area contributed by atoms with E-state index in [1.165, 1.54) is 4.90 Å². The van der Waals surface area contributed by atoms with Crippen LogP contribution in [0.25, 0.3) is 0 Å². The van der Waals surface area contributed by atoms with E-state index in [0.29, 0.717) is 38.6 Å². The Morgan fingerprint density at radius 1 is 1.32 bits per heavy atom. The summed E-state index contributed by atoms with van der Waals surface area (Å²) < 4.78 is 45.3. The van der Waals surface area contributed by atoms with Crippen molar-refractivity contribution in [3.63, 3.8) is 0 Å². The normalized spacial score (nSPS) is 24.1. The van der Waals surface area contributed by atoms with Gasteiger partial charge in [-0.05, 0) is 26.2 Å². The van der Waals surface area contributed by atoms with Gasteiger partial charge in [-0.15, -0.1) is 10.2 Å². The van der Waals surface area contributed by atoms with Gasteiger partial charge in [-0.3, -0.25) is 4.90 Å². The van der Waals surface area contributed by atoms with Crippen LogP contribution in [0.3, 0.4) is 0 Å². The van der Waals surface area contributed by atoms with Gasteiger partial charge in [0.25, 0.3) is 0 Å². The van der Waals surface area contributed by atoms with Crippen molar-refractivity contribution in [1.82, 2.24) is 30.3 Å². The molecule has 2 aliphatic rings. The average molecular weight is 403 g/mol. The van der Waals surface area contributed by atoms with Gasteiger partial charge >= 0.3 is 6.18 Å². The molecule has 0 saturated carbocycles. The molecule has 1 aromatic rings. The Labute approximate surface area is 162 Å². The Morgan fingerprint density at radius 2 is 2.14 bits per heavy atom. The molecule has 2 N–H and O–H groups in total. The van der Waals surface area contributed by atoms with Gasteiger partial charge in [-0.1, -0.05) is 0 Å². The molecule has 0 bridgehead atoms. The molecule has 0 radical (unpaired) electrons. The molecule has 0 spiro atoms. The molecule has 158 valence electrons. The van der Waals surface area contributed by atoms with Gasteiger partial charge < -0.3 is 19.9 Å². The monoisotopic (exact) mass is 403 g/mol. The maximum Gasteiger partial charge on any atom is 0.401 e. The van der Waals surface area contributed by atoms with Crippen LogP contribution in [-0.4, -0.2) is 76.7 Å². The summed E-state index contributed by atoms with van der Waals surface area (Å²) in [5.41, 5.74) is 0. The van der Waals surface area contributed by atoms with Gasteiger partial charge in [0.1, 0.15) is 12.4 Å². The summed E-state index contributed by atoms with van der Waals surface area (Å²) in [6.45, 7) is 3.45. The zero-order valence-corrected chi connectivity index (χ0v) is 16.3. The van der Waals surface area contributed by atoms with Crippen LogP contribution in [0.4, 0.5) is 13.2 Å². The SMILES string of the molecule is Cc1nnc(CN=C(NCC2CCCO2)NC2CCN(CC(F)(F)F)C2)n1C. The number of nitrogens with zero attached hydrogens (tertiary/aromatic N) is 5. The Balaban J connectivity index is 1.59. The zero-order chi connectivity index (χ0) is 20.1. The highest BCUT2D eigenvalue weighted by Crippen LogP contribution is 2.20. The van der Waals surface area contributed by atoms with E-state index in [0.717, 1.165) is 31.1 Å². The van der Waals surface area contributed by atoms with Crippen LogP contribution in [0, 0.1) is 6.92 Å². The summed E-state index contributed by atoms with van der Waals surface area (Å²) in [7, 11) is 1.87. The molecular weight excluding hydrogens is 375 g/mol. The molecule has 2 atom stereocenters. The minimum Gasteiger partial charge on any atom is -0.376 e. The molecule has 0 aromatic carbocycles. The van der Waals surface area contributed by atoms with Gasteiger partial charge in [0, 0.05) is 39.3 Å². The molecule has 1 aromatic heterocycles. The van der Waals surface area contributed by atoms with Crippen LogP contribution in [0.15, 0.2) is 4.99 Å². The predicted molar refractivity (Wildman–Crippen MR) is 97.9 cm³/mol. The second-order valence-electron chi connectivity index (χ2n) is 7.38. The second-order valence-corrected chi connectivity index (χ2v) is 7.38. The first kappa shape index (κ1) is 20.8. The molecule has 28 heavy (non-hydrogen) atoms. The van der Waals surface area contributed by atoms with E-state index in [2.05, 4.69) is 25.8 Å². The number of aryl methyl sites for hydroxylation is 1. The van der Waals surface area contributed by atoms with Crippen molar-refractivity contribution >= 4 is 5.96 Å². The number of rotatable bonds is 6. The highest BCUT2D eigenvalue weighted by Gasteiger charge is 2.34. The van der Waals surface area contributed by atoms with Gasteiger partial charge in [0.15, 0.2) is 11.8 Å². The largest absolute Gasteiger partial charge is 0.401 e. The van der Waals surface area contributed by atoms with Crippen molar-refractivity contribution in [2.24, 2.45) is 12.0 Å². The lowest BCUT2D eigenvalue weighted by atomic mass is 10.2. The summed E-state index contributed by atoms with van der Waals surface area (Å²) in [6.07, 6.45) is -1.37. The van der Waals surface area contributed by atoms with E-state index >= 15 is 0 Å². The smallest absolute Gasteiger partial charge is 0.376 e. The second kappa shape index (κ2) is 9.08. The fourth-order valence-corrected chi connectivity index (χ4v) is 3.45. The fourth-order valence-electron chi connectivity index (χ4n) is 3.45. The molecule has 2 saturated heterocycles. The van der Waals surface area contributed by atoms with Gasteiger partial charge in [0.2, 0.25) is 0 Å². The van der Waals surface area contributed by atoms with Crippen LogP contribution in [0.1, 0.15) is 30.9 Å². The molecule has 0 aliphatic carbocycles. The maximum absolute atomic E-state index is 12.6. The van der Waals surface area contributed by atoms with Crippen molar-refractivity contribution in [3.05, 3.63) is 11.6 Å². The Bertz CT molecular complexity index is 670. The standard InChI is InChI=1S/C17H28F3N7O/c1-12-24-25-15(26(12)2)9-22-16(21-8-14-4-3-7-28-14)23-13-5-6-27(10-13)11-17(18,19)20/h13-14H,3-11H2,1-2H3,(H2,21,22,23). The van der Waals surface area contributed by atoms with Crippen LogP contribution < -0.4 is 10.6 Å². The molecule has 3 heterocycles. The van der Waals surface area contributed by atoms with E-state index in [1.807, 2.05) is 18.5 Å². The predicted octanol–water partition coefficient (Wildman–Crippen LogP) is 0.974. The summed E-state index contributed by atoms with van der Waals surface area (Å²) in [4.78, 5) is 5.99. The van der Waals surface area contributed by atoms with E-state index in [4.69, 9.17) is 4.74 Å². The first-order chi connectivity index (χ1) is 13.3. The van der Waals surface area contributed by atoms with Crippen molar-refractivity contribution in [2.45, 2.75) is 51.1 Å². The van der Waals surface area contributed by atoms with E-state index in [1.54, 1.807) is 0 Å². The van der Waals surface area contributed by atoms with Gasteiger partial charge in [-0.2, -0.15) is 13.2 Å². The summed E-state index contributed by atoms with van der Waals surface area (Å²) >= 11 is 0. The zero-order valence-electron chi connectivity index (χ0n) is 16.3. The number of nitrogens with one attached hydrogen (secondary N) is 2. The lowest BCUT2D eigenvalue weighted by molar-refractivity contribution is -0.143. The third-order valence-electron chi connectivity index (χ3n) is 5.10. The number of aromatic nitrogens is 3. The van der Waals surface area contributed by atoms with E-state index in [9.17, 15) is 13.2 Å². The van der Waals surface area contributed by atoms with Crippen LogP contribution >= 0.6 is 0 Å². The van der Waals surface area contributed by atoms with Gasteiger partial charge in [0.05, 0.1) is 12.6 Å². The van der Waals surface area contributed by atoms with Crippen molar-refractivity contribution in [3.8, 4) is 0 Å². The van der Waals surface area contributed by atoms with Crippen LogP contribution in [-0.2, 0) is 18.3 Å². The number of likely N-dealkylation sites (tertiary alicyclic amines) is 1. The Hall–Kier alpha value is -1.88. The first-order valence-electron chi connectivity index (χ1n) is 9.60. The number of aliphatic imine (C=N–C) groups is 1. The average Bonchev–Trinajstić information content (AvgIpc) is 3.34. The molecule has 2 unspecified atom stereocenters. The summed E-state index contributed by atoms with van der Waals surface area (Å²) in [5, 5.41) is 14.7. The molecular formula is C17H28F3N7O. The number of hydrogen-bond donors (Lipinski definition) is 2. The molecule has 11 heteroatoms. The number of guanidine groups is 1. The fraction of sp³-hybridized carbons (Fsp3) is 0.824. The number of halogens is 3. The third kappa shape index (κ3) is 6.06. The van der Waals surface area contributed by atoms with E-state index in [-0.39, 0.29) is 12.1 Å². The van der Waals surface area contributed by atoms with Gasteiger partial charge in [-0.25, -0.2) is 4.99 Å². The summed E-state index contributed by atoms with van der Waals surface area (Å²) in [6, 6.07) is -0.0840. The van der Waals surface area contributed by atoms with Crippen LogP contribution in [0.2, 0.25) is 0 Å². The van der Waals surface area contributed by atoms with E-state index < -0.39 is 12.7 Å². The molecule has 0 amide bonds. The Morgan fingerprint density at radius 3 is 2.79 bits per heavy atom. The summed E-state index contributed by atoms with van der Waals surface area (Å²) in [5.74, 6) is 2.08. The molecule has 2 aliphatic heterocycles. The van der Waals surface area contributed by atoms with Crippen molar-refractivity contribution in [2.75, 3.05) is 32.8 Å².